The predicted molar refractivity (Wildman–Crippen MR) is 75.7 cm³/mol. The van der Waals surface area contributed by atoms with E-state index in [1.165, 1.54) is 39.6 Å². The summed E-state index contributed by atoms with van der Waals surface area (Å²) in [6.07, 6.45) is 0. The molecule has 3 rings (SSSR count). The maximum atomic E-state index is 12.0. The van der Waals surface area contributed by atoms with Crippen LogP contribution in [0.25, 0.3) is 0 Å². The predicted octanol–water partition coefficient (Wildman–Crippen LogP) is 2.22. The third-order valence-electron chi connectivity index (χ3n) is 2.82. The number of hydrogen-bond acceptors (Lipinski definition) is 7. The van der Waals surface area contributed by atoms with Gasteiger partial charge in [-0.25, -0.2) is 0 Å². The molecule has 0 bridgehead atoms. The van der Waals surface area contributed by atoms with Crippen LogP contribution in [-0.4, -0.2) is 26.8 Å². The minimum atomic E-state index is -0.434. The van der Waals surface area contributed by atoms with E-state index in [1.54, 1.807) is 18.2 Å². The maximum absolute atomic E-state index is 12.0. The molecule has 1 fully saturated rings. The van der Waals surface area contributed by atoms with Crippen molar-refractivity contribution in [3.8, 4) is 0 Å². The van der Waals surface area contributed by atoms with E-state index < -0.39 is 10.3 Å². The molecule has 0 radical (unpaired) electrons. The molecule has 1 aliphatic rings. The maximum Gasteiger partial charge on any atom is 0.275 e. The second kappa shape index (κ2) is 5.17. The molecule has 0 saturated carbocycles. The highest BCUT2D eigenvalue weighted by molar-refractivity contribution is 8.00. The van der Waals surface area contributed by atoms with Crippen molar-refractivity contribution in [2.75, 3.05) is 10.7 Å². The highest BCUT2D eigenvalue weighted by Crippen LogP contribution is 2.44. The molecule has 1 aliphatic heterocycles. The number of carbonyl (C=O) groups is 1. The number of aromatic nitrogens is 2. The monoisotopic (exact) mass is 308 g/mol. The van der Waals surface area contributed by atoms with Gasteiger partial charge in [-0.1, -0.05) is 23.5 Å². The second-order valence-electron chi connectivity index (χ2n) is 3.96. The molecular formula is C11H8N4O3S2. The summed E-state index contributed by atoms with van der Waals surface area (Å²) in [7, 11) is 0. The summed E-state index contributed by atoms with van der Waals surface area (Å²) in [5.41, 5.74) is 2.04. The van der Waals surface area contributed by atoms with Gasteiger partial charge in [0, 0.05) is 6.07 Å². The van der Waals surface area contributed by atoms with Gasteiger partial charge >= 0.3 is 0 Å². The quantitative estimate of drug-likeness (QED) is 0.638. The van der Waals surface area contributed by atoms with Crippen LogP contribution in [0.15, 0.2) is 29.8 Å². The Labute approximate surface area is 121 Å². The Balaban J connectivity index is 2.05. The van der Waals surface area contributed by atoms with E-state index in [0.29, 0.717) is 10.7 Å². The van der Waals surface area contributed by atoms with E-state index in [-0.39, 0.29) is 17.3 Å². The van der Waals surface area contributed by atoms with Gasteiger partial charge in [0.1, 0.15) is 10.9 Å². The van der Waals surface area contributed by atoms with Crippen molar-refractivity contribution in [3.63, 3.8) is 0 Å². The Morgan fingerprint density at radius 3 is 2.90 bits per heavy atom. The molecule has 20 heavy (non-hydrogen) atoms. The van der Waals surface area contributed by atoms with Crippen LogP contribution in [0.4, 0.5) is 10.8 Å². The van der Waals surface area contributed by atoms with Crippen LogP contribution in [0.3, 0.4) is 0 Å². The fourth-order valence-corrected chi connectivity index (χ4v) is 3.85. The van der Waals surface area contributed by atoms with Crippen molar-refractivity contribution in [2.24, 2.45) is 0 Å². The number of thioether (sulfide) groups is 1. The van der Waals surface area contributed by atoms with E-state index in [4.69, 9.17) is 0 Å². The van der Waals surface area contributed by atoms with E-state index in [9.17, 15) is 14.9 Å². The summed E-state index contributed by atoms with van der Waals surface area (Å²) >= 11 is 2.59. The van der Waals surface area contributed by atoms with E-state index in [2.05, 4.69) is 10.2 Å². The van der Waals surface area contributed by atoms with E-state index in [0.717, 1.165) is 0 Å². The van der Waals surface area contributed by atoms with Crippen LogP contribution in [-0.2, 0) is 4.79 Å². The number of nitro benzene ring substituents is 1. The molecular weight excluding hydrogens is 300 g/mol. The van der Waals surface area contributed by atoms with Crippen LogP contribution < -0.4 is 4.90 Å². The minimum Gasteiger partial charge on any atom is -0.273 e. The molecule has 0 aliphatic carbocycles. The SMILES string of the molecule is O=C1CS[C@H](c2ccccc2[N+](=O)[O-])N1c1nncs1. The number of hydrogen-bond donors (Lipinski definition) is 0. The second-order valence-corrected chi connectivity index (χ2v) is 5.84. The first kappa shape index (κ1) is 13.0. The number of carbonyl (C=O) groups excluding carboxylic acids is 1. The first-order chi connectivity index (χ1) is 9.68. The van der Waals surface area contributed by atoms with Gasteiger partial charge in [-0.2, -0.15) is 0 Å². The van der Waals surface area contributed by atoms with Crippen molar-refractivity contribution in [3.05, 3.63) is 45.5 Å². The minimum absolute atomic E-state index is 0.00853. The highest BCUT2D eigenvalue weighted by atomic mass is 32.2. The number of rotatable bonds is 3. The summed E-state index contributed by atoms with van der Waals surface area (Å²) in [6.45, 7) is 0. The van der Waals surface area contributed by atoms with Gasteiger partial charge < -0.3 is 0 Å². The summed E-state index contributed by atoms with van der Waals surface area (Å²) in [5, 5.41) is 18.8. The Kier molecular flexibility index (Phi) is 3.36. The standard InChI is InChI=1S/C11H8N4O3S2/c16-9-5-19-10(14(9)11-13-12-6-20-11)7-3-1-2-4-8(7)15(17)18/h1-4,6,10H,5H2/t10-/m1/s1. The first-order valence-electron chi connectivity index (χ1n) is 5.61. The molecule has 1 amide bonds. The average Bonchev–Trinajstić information content (AvgIpc) is 3.07. The Bertz CT molecular complexity index is 661. The van der Waals surface area contributed by atoms with Gasteiger partial charge in [0.2, 0.25) is 11.0 Å². The number of para-hydroxylation sites is 1. The van der Waals surface area contributed by atoms with Gasteiger partial charge in [0.05, 0.1) is 16.2 Å². The van der Waals surface area contributed by atoms with Crippen LogP contribution in [0.2, 0.25) is 0 Å². The van der Waals surface area contributed by atoms with Crippen molar-refractivity contribution in [1.82, 2.24) is 10.2 Å². The van der Waals surface area contributed by atoms with Crippen LogP contribution in [0.5, 0.6) is 0 Å². The molecule has 2 aromatic rings. The first-order valence-corrected chi connectivity index (χ1v) is 7.54. The highest BCUT2D eigenvalue weighted by Gasteiger charge is 2.38. The average molecular weight is 308 g/mol. The molecule has 102 valence electrons. The zero-order valence-electron chi connectivity index (χ0n) is 10.0. The van der Waals surface area contributed by atoms with Crippen LogP contribution in [0.1, 0.15) is 10.9 Å². The normalized spacial score (nSPS) is 18.5. The summed E-state index contributed by atoms with van der Waals surface area (Å²) in [4.78, 5) is 24.2. The fourth-order valence-electron chi connectivity index (χ4n) is 2.00. The van der Waals surface area contributed by atoms with Gasteiger partial charge in [-0.05, 0) is 6.07 Å². The Morgan fingerprint density at radius 2 is 2.20 bits per heavy atom. The van der Waals surface area contributed by atoms with Crippen LogP contribution >= 0.6 is 23.1 Å². The van der Waals surface area contributed by atoms with E-state index >= 15 is 0 Å². The lowest BCUT2D eigenvalue weighted by Crippen LogP contribution is -2.28. The van der Waals surface area contributed by atoms with Crippen molar-refractivity contribution in [2.45, 2.75) is 5.37 Å². The molecule has 7 nitrogen and oxygen atoms in total. The largest absolute Gasteiger partial charge is 0.275 e. The molecule has 1 aromatic heterocycles. The number of nitrogens with zero attached hydrogens (tertiary/aromatic N) is 4. The van der Waals surface area contributed by atoms with Gasteiger partial charge in [-0.3, -0.25) is 19.8 Å². The number of anilines is 1. The number of nitro groups is 1. The molecule has 1 aromatic carbocycles. The molecule has 9 heteroatoms. The summed E-state index contributed by atoms with van der Waals surface area (Å²) in [6, 6.07) is 6.45. The van der Waals surface area contributed by atoms with E-state index in [1.807, 2.05) is 0 Å². The van der Waals surface area contributed by atoms with Crippen molar-refractivity contribution in [1.29, 1.82) is 0 Å². The molecule has 1 atom stereocenters. The smallest absolute Gasteiger partial charge is 0.273 e. The summed E-state index contributed by atoms with van der Waals surface area (Å²) < 4.78 is 0. The molecule has 2 heterocycles. The third kappa shape index (κ3) is 2.14. The Morgan fingerprint density at radius 1 is 1.40 bits per heavy atom. The molecule has 0 spiro atoms. The zero-order chi connectivity index (χ0) is 14.1. The number of benzene rings is 1. The Hall–Kier alpha value is -2.00. The van der Waals surface area contributed by atoms with Crippen LogP contribution in [0, 0.1) is 10.1 Å². The molecule has 0 unspecified atom stereocenters. The lowest BCUT2D eigenvalue weighted by atomic mass is 10.1. The van der Waals surface area contributed by atoms with Gasteiger partial charge in [0.15, 0.2) is 0 Å². The molecule has 0 N–H and O–H groups in total. The van der Waals surface area contributed by atoms with Gasteiger partial charge in [-0.15, -0.1) is 22.0 Å². The number of amides is 1. The van der Waals surface area contributed by atoms with Gasteiger partial charge in [0.25, 0.3) is 5.69 Å². The third-order valence-corrected chi connectivity index (χ3v) is 4.70. The lowest BCUT2D eigenvalue weighted by molar-refractivity contribution is -0.385. The fraction of sp³-hybridized carbons (Fsp3) is 0.182. The van der Waals surface area contributed by atoms with Crippen molar-refractivity contribution >= 4 is 39.8 Å². The summed E-state index contributed by atoms with van der Waals surface area (Å²) in [5.74, 6) is 0.158. The topological polar surface area (TPSA) is 89.2 Å². The zero-order valence-corrected chi connectivity index (χ0v) is 11.6. The van der Waals surface area contributed by atoms with Crippen molar-refractivity contribution < 1.29 is 9.72 Å². The lowest BCUT2D eigenvalue weighted by Gasteiger charge is -2.20. The molecule has 1 saturated heterocycles.